The van der Waals surface area contributed by atoms with Gasteiger partial charge in [-0.05, 0) is 18.9 Å². The van der Waals surface area contributed by atoms with Gasteiger partial charge >= 0.3 is 0 Å². The lowest BCUT2D eigenvalue weighted by atomic mass is 10.5. The molecule has 1 N–H and O–H groups in total. The van der Waals surface area contributed by atoms with Gasteiger partial charge in [-0.2, -0.15) is 5.10 Å². The van der Waals surface area contributed by atoms with Gasteiger partial charge in [0.05, 0.1) is 5.75 Å². The van der Waals surface area contributed by atoms with Crippen molar-refractivity contribution in [3.63, 3.8) is 0 Å². The first kappa shape index (κ1) is 3.99. The van der Waals surface area contributed by atoms with E-state index in [2.05, 4.69) is 9.93 Å². The molecule has 0 amide bonds. The van der Waals surface area contributed by atoms with Crippen LogP contribution in [-0.2, 0) is 0 Å². The van der Waals surface area contributed by atoms with E-state index in [0.29, 0.717) is 0 Å². The number of nitrogens with zero attached hydrogens (tertiary/aromatic N) is 1. The van der Waals surface area contributed by atoms with E-state index in [1.165, 1.54) is 5.71 Å². The molecule has 0 radical (unpaired) electrons. The van der Waals surface area contributed by atoms with Gasteiger partial charge in [-0.1, -0.05) is 0 Å². The van der Waals surface area contributed by atoms with Gasteiger partial charge in [-0.3, -0.25) is 4.83 Å². The van der Waals surface area contributed by atoms with E-state index in [1.807, 2.05) is 6.92 Å². The predicted octanol–water partition coefficient (Wildman–Crippen LogP) is 0.614. The van der Waals surface area contributed by atoms with E-state index in [0.717, 1.165) is 5.75 Å². The summed E-state index contributed by atoms with van der Waals surface area (Å²) in [4.78, 5) is 2.78. The highest BCUT2D eigenvalue weighted by molar-refractivity contribution is 7.98. The molecule has 0 unspecified atom stereocenters. The van der Waals surface area contributed by atoms with Crippen LogP contribution in [0.3, 0.4) is 0 Å². The van der Waals surface area contributed by atoms with Crippen LogP contribution in [0.5, 0.6) is 0 Å². The zero-order chi connectivity index (χ0) is 4.41. The van der Waals surface area contributed by atoms with Crippen LogP contribution < -0.4 is 4.83 Å². The minimum absolute atomic E-state index is 1.04. The summed E-state index contributed by atoms with van der Waals surface area (Å²) >= 11 is 1.63. The lowest BCUT2D eigenvalue weighted by Crippen LogP contribution is -1.84. The maximum atomic E-state index is 3.87. The Balaban J connectivity index is 2.45. The lowest BCUT2D eigenvalue weighted by molar-refractivity contribution is 1.14. The fourth-order valence-corrected chi connectivity index (χ4v) is 0.838. The Bertz CT molecular complexity index is 78.9. The van der Waals surface area contributed by atoms with Gasteiger partial charge in [0.15, 0.2) is 0 Å². The molecule has 1 rings (SSSR count). The third-order valence-electron chi connectivity index (χ3n) is 0.582. The van der Waals surface area contributed by atoms with Crippen LogP contribution in [0.2, 0.25) is 0 Å². The number of hydrogen-bond donors (Lipinski definition) is 1. The number of hydrogen-bond acceptors (Lipinski definition) is 3. The Hall–Kier alpha value is -0.180. The maximum Gasteiger partial charge on any atom is 0.0547 e. The van der Waals surface area contributed by atoms with Crippen molar-refractivity contribution < 1.29 is 0 Å². The van der Waals surface area contributed by atoms with Gasteiger partial charge in [-0.15, -0.1) is 0 Å². The van der Waals surface area contributed by atoms with E-state index in [1.54, 1.807) is 11.9 Å². The molecule has 0 spiro atoms. The van der Waals surface area contributed by atoms with E-state index in [4.69, 9.17) is 0 Å². The lowest BCUT2D eigenvalue weighted by Gasteiger charge is -1.75. The second kappa shape index (κ2) is 1.51. The van der Waals surface area contributed by atoms with Crippen LogP contribution in [0.1, 0.15) is 6.92 Å². The summed E-state index contributed by atoms with van der Waals surface area (Å²) in [7, 11) is 0. The van der Waals surface area contributed by atoms with Gasteiger partial charge in [0, 0.05) is 5.71 Å². The van der Waals surface area contributed by atoms with E-state index in [9.17, 15) is 0 Å². The summed E-state index contributed by atoms with van der Waals surface area (Å²) in [6.45, 7) is 2.01. The van der Waals surface area contributed by atoms with Crippen molar-refractivity contribution in [3.05, 3.63) is 0 Å². The minimum atomic E-state index is 1.04. The third kappa shape index (κ3) is 0.653. The summed E-state index contributed by atoms with van der Waals surface area (Å²) in [6, 6.07) is 0. The van der Waals surface area contributed by atoms with Gasteiger partial charge in [0.2, 0.25) is 0 Å². The van der Waals surface area contributed by atoms with Crippen molar-refractivity contribution in [3.8, 4) is 0 Å². The minimum Gasteiger partial charge on any atom is -0.252 e. The Morgan fingerprint density at radius 2 is 2.83 bits per heavy atom. The van der Waals surface area contributed by atoms with Crippen molar-refractivity contribution >= 4 is 17.7 Å². The summed E-state index contributed by atoms with van der Waals surface area (Å²) < 4.78 is 0. The van der Waals surface area contributed by atoms with Crippen molar-refractivity contribution in [2.24, 2.45) is 5.10 Å². The molecule has 1 aliphatic rings. The fraction of sp³-hybridized carbons (Fsp3) is 0.667. The molecular weight excluding hydrogens is 96.1 g/mol. The summed E-state index contributed by atoms with van der Waals surface area (Å²) in [6.07, 6.45) is 0. The SMILES string of the molecule is CC1=NNSC1. The number of hydrazone groups is 1. The van der Waals surface area contributed by atoms with Crippen molar-refractivity contribution in [2.45, 2.75) is 6.92 Å². The molecule has 0 fully saturated rings. The van der Waals surface area contributed by atoms with Crippen molar-refractivity contribution in [1.29, 1.82) is 0 Å². The Morgan fingerprint density at radius 3 is 3.00 bits per heavy atom. The topological polar surface area (TPSA) is 24.4 Å². The van der Waals surface area contributed by atoms with Crippen molar-refractivity contribution in [1.82, 2.24) is 4.83 Å². The highest BCUT2D eigenvalue weighted by Gasteiger charge is 1.96. The Labute approximate surface area is 41.1 Å². The molecule has 0 saturated carbocycles. The molecular formula is C3H6N2S. The zero-order valence-corrected chi connectivity index (χ0v) is 4.38. The van der Waals surface area contributed by atoms with Crippen LogP contribution >= 0.6 is 11.9 Å². The Morgan fingerprint density at radius 1 is 2.00 bits per heavy atom. The standard InChI is InChI=1S/C3H6N2S/c1-3-2-6-5-4-3/h5H,2H2,1H3. The van der Waals surface area contributed by atoms with E-state index in [-0.39, 0.29) is 0 Å². The summed E-state index contributed by atoms with van der Waals surface area (Å²) in [5.41, 5.74) is 1.18. The molecule has 34 valence electrons. The molecule has 0 aromatic rings. The zero-order valence-electron chi connectivity index (χ0n) is 3.56. The maximum absolute atomic E-state index is 3.87. The van der Waals surface area contributed by atoms with E-state index >= 15 is 0 Å². The average molecular weight is 102 g/mol. The van der Waals surface area contributed by atoms with Gasteiger partial charge in [-0.25, -0.2) is 0 Å². The van der Waals surface area contributed by atoms with Crippen LogP contribution in [0, 0.1) is 0 Å². The Kier molecular flexibility index (Phi) is 1.01. The normalized spacial score (nSPS) is 19.8. The highest BCUT2D eigenvalue weighted by Crippen LogP contribution is 2.00. The highest BCUT2D eigenvalue weighted by atomic mass is 32.2. The largest absolute Gasteiger partial charge is 0.252 e. The third-order valence-corrected chi connectivity index (χ3v) is 1.36. The predicted molar refractivity (Wildman–Crippen MR) is 28.7 cm³/mol. The van der Waals surface area contributed by atoms with Crippen LogP contribution in [0.15, 0.2) is 5.10 Å². The molecule has 6 heavy (non-hydrogen) atoms. The molecule has 0 atom stereocenters. The van der Waals surface area contributed by atoms with Crippen LogP contribution in [0.4, 0.5) is 0 Å². The monoisotopic (exact) mass is 102 g/mol. The molecule has 0 aliphatic carbocycles. The molecule has 0 saturated heterocycles. The van der Waals surface area contributed by atoms with E-state index < -0.39 is 0 Å². The molecule has 0 bridgehead atoms. The van der Waals surface area contributed by atoms with Crippen LogP contribution in [0.25, 0.3) is 0 Å². The first-order valence-electron chi connectivity index (χ1n) is 1.79. The molecule has 1 aliphatic heterocycles. The fourth-order valence-electron chi connectivity index (χ4n) is 0.279. The average Bonchev–Trinajstić information content (AvgIpc) is 1.86. The second-order valence-electron chi connectivity index (χ2n) is 1.23. The molecule has 2 nitrogen and oxygen atoms in total. The quantitative estimate of drug-likeness (QED) is 0.453. The molecule has 3 heteroatoms. The smallest absolute Gasteiger partial charge is 0.0547 e. The summed E-state index contributed by atoms with van der Waals surface area (Å²) in [5.74, 6) is 1.04. The molecule has 0 aromatic heterocycles. The van der Waals surface area contributed by atoms with Crippen LogP contribution in [-0.4, -0.2) is 11.5 Å². The number of nitrogens with one attached hydrogen (secondary N) is 1. The molecule has 1 heterocycles. The molecule has 0 aromatic carbocycles. The number of rotatable bonds is 0. The second-order valence-corrected chi connectivity index (χ2v) is 1.99. The van der Waals surface area contributed by atoms with Gasteiger partial charge < -0.3 is 0 Å². The van der Waals surface area contributed by atoms with Crippen molar-refractivity contribution in [2.75, 3.05) is 5.75 Å². The van der Waals surface area contributed by atoms with Gasteiger partial charge in [0.25, 0.3) is 0 Å². The summed E-state index contributed by atoms with van der Waals surface area (Å²) in [5, 5.41) is 3.87. The first-order chi connectivity index (χ1) is 2.89. The van der Waals surface area contributed by atoms with Gasteiger partial charge in [0.1, 0.15) is 0 Å². The first-order valence-corrected chi connectivity index (χ1v) is 2.78.